The van der Waals surface area contributed by atoms with Crippen molar-refractivity contribution in [2.45, 2.75) is 0 Å². The summed E-state index contributed by atoms with van der Waals surface area (Å²) in [6, 6.07) is 37.1. The molecule has 0 aliphatic rings. The minimum atomic E-state index is 0.667. The molecular formula is C32H18ClIO2. The van der Waals surface area contributed by atoms with Gasteiger partial charge in [-0.3, -0.25) is 0 Å². The Morgan fingerprint density at radius 1 is 0.500 bits per heavy atom. The van der Waals surface area contributed by atoms with Crippen molar-refractivity contribution >= 4 is 99.6 Å². The second kappa shape index (κ2) is 8.54. The van der Waals surface area contributed by atoms with Crippen molar-refractivity contribution in [1.29, 1.82) is 0 Å². The molecule has 6 aromatic carbocycles. The molecule has 0 saturated heterocycles. The summed E-state index contributed by atoms with van der Waals surface area (Å²) < 4.78 is 13.0. The lowest BCUT2D eigenvalue weighted by molar-refractivity contribution is 0.667. The van der Waals surface area contributed by atoms with Crippen LogP contribution in [0, 0.1) is 3.57 Å². The molecule has 2 nitrogen and oxygen atoms in total. The quantitative estimate of drug-likeness (QED) is 0.163. The first kappa shape index (κ1) is 21.7. The zero-order valence-corrected chi connectivity index (χ0v) is 21.9. The summed E-state index contributed by atoms with van der Waals surface area (Å²) in [5.41, 5.74) is 3.61. The van der Waals surface area contributed by atoms with Gasteiger partial charge < -0.3 is 8.83 Å². The maximum Gasteiger partial charge on any atom is 0.154 e. The lowest BCUT2D eigenvalue weighted by Crippen LogP contribution is -1.77. The molecule has 0 saturated carbocycles. The van der Waals surface area contributed by atoms with Crippen LogP contribution in [-0.2, 0) is 0 Å². The maximum atomic E-state index is 6.31. The van der Waals surface area contributed by atoms with Crippen LogP contribution in [0.25, 0.3) is 65.4 Å². The zero-order valence-electron chi connectivity index (χ0n) is 19.0. The summed E-state index contributed by atoms with van der Waals surface area (Å²) in [6.45, 7) is 0. The Bertz CT molecular complexity index is 1930. The highest BCUT2D eigenvalue weighted by molar-refractivity contribution is 14.1. The van der Waals surface area contributed by atoms with Crippen molar-refractivity contribution < 1.29 is 8.83 Å². The highest BCUT2D eigenvalue weighted by Gasteiger charge is 2.14. The smallest absolute Gasteiger partial charge is 0.154 e. The van der Waals surface area contributed by atoms with Crippen LogP contribution in [0.4, 0.5) is 0 Å². The van der Waals surface area contributed by atoms with E-state index >= 15 is 0 Å². The standard InChI is InChI=1S/C16H9ClO.C16H9IO/c2*17-13-9-10-5-1-2-6-11(10)15-12-7-3-4-8-14(12)18-16(13)15/h2*1-9H. The van der Waals surface area contributed by atoms with Crippen LogP contribution in [0.15, 0.2) is 118 Å². The first-order valence-corrected chi connectivity index (χ1v) is 13.1. The van der Waals surface area contributed by atoms with Crippen LogP contribution < -0.4 is 0 Å². The van der Waals surface area contributed by atoms with E-state index in [0.717, 1.165) is 42.1 Å². The number of hydrogen-bond acceptors (Lipinski definition) is 2. The number of hydrogen-bond donors (Lipinski definition) is 0. The SMILES string of the molecule is Clc1cc2ccccc2c2c1oc1ccccc12.Ic1cc2ccccc2c2c1oc1ccccc12. The summed E-state index contributed by atoms with van der Waals surface area (Å²) in [7, 11) is 0. The second-order valence-corrected chi connectivity index (χ2v) is 10.3. The van der Waals surface area contributed by atoms with Gasteiger partial charge in [-0.25, -0.2) is 0 Å². The largest absolute Gasteiger partial charge is 0.455 e. The van der Waals surface area contributed by atoms with Crippen LogP contribution >= 0.6 is 34.2 Å². The number of furan rings is 2. The van der Waals surface area contributed by atoms with E-state index < -0.39 is 0 Å². The highest BCUT2D eigenvalue weighted by Crippen LogP contribution is 2.39. The molecule has 8 aromatic rings. The third kappa shape index (κ3) is 3.38. The van der Waals surface area contributed by atoms with Gasteiger partial charge >= 0.3 is 0 Å². The van der Waals surface area contributed by atoms with E-state index in [2.05, 4.69) is 83.3 Å². The van der Waals surface area contributed by atoms with E-state index in [4.69, 9.17) is 20.4 Å². The van der Waals surface area contributed by atoms with Crippen LogP contribution in [0.5, 0.6) is 0 Å². The summed E-state index contributed by atoms with van der Waals surface area (Å²) in [5.74, 6) is 0. The van der Waals surface area contributed by atoms with Crippen LogP contribution in [-0.4, -0.2) is 0 Å². The Hall–Kier alpha value is -3.54. The van der Waals surface area contributed by atoms with Crippen molar-refractivity contribution in [3.05, 3.63) is 118 Å². The van der Waals surface area contributed by atoms with E-state index in [0.29, 0.717) is 5.02 Å². The lowest BCUT2D eigenvalue weighted by atomic mass is 10.0. The molecule has 0 fully saturated rings. The van der Waals surface area contributed by atoms with Gasteiger partial charge in [-0.05, 0) is 68.4 Å². The first-order chi connectivity index (χ1) is 17.7. The first-order valence-electron chi connectivity index (χ1n) is 11.7. The lowest BCUT2D eigenvalue weighted by Gasteiger charge is -2.01. The molecule has 4 heteroatoms. The minimum absolute atomic E-state index is 0.667. The Morgan fingerprint density at radius 2 is 0.944 bits per heavy atom. The van der Waals surface area contributed by atoms with Gasteiger partial charge in [0.05, 0.1) is 8.59 Å². The topological polar surface area (TPSA) is 26.3 Å². The minimum Gasteiger partial charge on any atom is -0.455 e. The molecule has 0 bridgehead atoms. The van der Waals surface area contributed by atoms with E-state index in [1.165, 1.54) is 26.9 Å². The number of para-hydroxylation sites is 2. The Labute approximate surface area is 225 Å². The van der Waals surface area contributed by atoms with E-state index in [9.17, 15) is 0 Å². The Morgan fingerprint density at radius 3 is 1.56 bits per heavy atom. The van der Waals surface area contributed by atoms with E-state index in [1.807, 2.05) is 48.5 Å². The molecule has 0 N–H and O–H groups in total. The zero-order chi connectivity index (χ0) is 24.2. The monoisotopic (exact) mass is 596 g/mol. The molecule has 0 aliphatic carbocycles. The fourth-order valence-corrected chi connectivity index (χ4v) is 6.03. The highest BCUT2D eigenvalue weighted by atomic mass is 127. The number of benzene rings is 6. The van der Waals surface area contributed by atoms with Crippen LogP contribution in [0.3, 0.4) is 0 Å². The Kier molecular flexibility index (Phi) is 5.15. The predicted octanol–water partition coefficient (Wildman–Crippen LogP) is 10.7. The third-order valence-electron chi connectivity index (χ3n) is 6.65. The van der Waals surface area contributed by atoms with Crippen molar-refractivity contribution in [2.24, 2.45) is 0 Å². The summed E-state index contributed by atoms with van der Waals surface area (Å²) in [5, 5.41) is 10.2. The summed E-state index contributed by atoms with van der Waals surface area (Å²) >= 11 is 8.66. The molecule has 0 atom stereocenters. The Balaban J connectivity index is 0.000000122. The van der Waals surface area contributed by atoms with Gasteiger partial charge in [0.15, 0.2) is 5.58 Å². The summed E-state index contributed by atoms with van der Waals surface area (Å²) in [4.78, 5) is 0. The molecule has 0 radical (unpaired) electrons. The van der Waals surface area contributed by atoms with E-state index in [1.54, 1.807) is 0 Å². The van der Waals surface area contributed by atoms with Gasteiger partial charge in [-0.15, -0.1) is 0 Å². The van der Waals surface area contributed by atoms with Gasteiger partial charge in [0.25, 0.3) is 0 Å². The molecule has 8 rings (SSSR count). The normalized spacial score (nSPS) is 11.6. The number of rotatable bonds is 0. The fraction of sp³-hybridized carbons (Fsp3) is 0. The predicted molar refractivity (Wildman–Crippen MR) is 160 cm³/mol. The molecule has 0 amide bonds. The van der Waals surface area contributed by atoms with Gasteiger partial charge in [0.1, 0.15) is 16.7 Å². The van der Waals surface area contributed by atoms with E-state index in [-0.39, 0.29) is 0 Å². The number of fused-ring (bicyclic) bond motifs is 10. The molecule has 2 aromatic heterocycles. The molecule has 0 spiro atoms. The van der Waals surface area contributed by atoms with Crippen molar-refractivity contribution in [1.82, 2.24) is 0 Å². The molecule has 172 valence electrons. The average molecular weight is 597 g/mol. The third-order valence-corrected chi connectivity index (χ3v) is 7.73. The fourth-order valence-electron chi connectivity index (χ4n) is 5.07. The van der Waals surface area contributed by atoms with Gasteiger partial charge in [0, 0.05) is 21.5 Å². The van der Waals surface area contributed by atoms with Crippen LogP contribution in [0.1, 0.15) is 0 Å². The van der Waals surface area contributed by atoms with Gasteiger partial charge in [-0.1, -0.05) is 96.5 Å². The summed E-state index contributed by atoms with van der Waals surface area (Å²) in [6.07, 6.45) is 0. The van der Waals surface area contributed by atoms with Crippen molar-refractivity contribution in [3.8, 4) is 0 Å². The molecule has 0 unspecified atom stereocenters. The second-order valence-electron chi connectivity index (χ2n) is 8.76. The molecule has 0 aliphatic heterocycles. The van der Waals surface area contributed by atoms with Crippen LogP contribution in [0.2, 0.25) is 5.02 Å². The molecule has 36 heavy (non-hydrogen) atoms. The van der Waals surface area contributed by atoms with Crippen molar-refractivity contribution in [3.63, 3.8) is 0 Å². The van der Waals surface area contributed by atoms with Gasteiger partial charge in [0.2, 0.25) is 0 Å². The molecular weight excluding hydrogens is 579 g/mol. The van der Waals surface area contributed by atoms with Crippen molar-refractivity contribution in [2.75, 3.05) is 0 Å². The molecule has 2 heterocycles. The van der Waals surface area contributed by atoms with Gasteiger partial charge in [-0.2, -0.15) is 0 Å². The maximum absolute atomic E-state index is 6.31. The number of halogens is 2. The average Bonchev–Trinajstić information content (AvgIpc) is 3.50.